The summed E-state index contributed by atoms with van der Waals surface area (Å²) in [5.74, 6) is 1.40. The van der Waals surface area contributed by atoms with Crippen LogP contribution in [-0.4, -0.2) is 10.1 Å². The number of nitrogens with zero attached hydrogens (tertiary/aromatic N) is 2. The first-order valence-electron chi connectivity index (χ1n) is 10.1. The third-order valence-corrected chi connectivity index (χ3v) is 6.65. The van der Waals surface area contributed by atoms with Crippen LogP contribution in [0.15, 0.2) is 83.4 Å². The summed E-state index contributed by atoms with van der Waals surface area (Å²) in [6, 6.07) is 23.1. The van der Waals surface area contributed by atoms with Gasteiger partial charge in [-0.1, -0.05) is 47.5 Å². The van der Waals surface area contributed by atoms with Gasteiger partial charge in [0.25, 0.3) is 0 Å². The van der Waals surface area contributed by atoms with Gasteiger partial charge in [-0.3, -0.25) is 4.98 Å². The van der Waals surface area contributed by atoms with Crippen LogP contribution in [-0.2, 0) is 0 Å². The van der Waals surface area contributed by atoms with Crippen molar-refractivity contribution in [3.63, 3.8) is 0 Å². The van der Waals surface area contributed by atoms with Crippen molar-refractivity contribution in [1.82, 2.24) is 10.3 Å². The highest BCUT2D eigenvalue weighted by Crippen LogP contribution is 2.44. The number of benzene rings is 2. The van der Waals surface area contributed by atoms with E-state index in [1.807, 2.05) is 54.6 Å². The molecule has 1 aliphatic heterocycles. The molecule has 0 spiro atoms. The van der Waals surface area contributed by atoms with E-state index in [1.165, 1.54) is 0 Å². The molecule has 1 saturated heterocycles. The Balaban J connectivity index is 1.62. The number of hydrogen-bond donors (Lipinski definition) is 1. The topological polar surface area (TPSA) is 41.3 Å². The Morgan fingerprint density at radius 2 is 1.84 bits per heavy atom. The van der Waals surface area contributed by atoms with Crippen molar-refractivity contribution in [2.75, 3.05) is 4.90 Å². The maximum atomic E-state index is 6.44. The lowest BCUT2D eigenvalue weighted by Crippen LogP contribution is -2.29. The number of pyridine rings is 1. The first kappa shape index (κ1) is 21.0. The first-order valence-corrected chi connectivity index (χ1v) is 11.3. The van der Waals surface area contributed by atoms with Crippen LogP contribution in [0.5, 0.6) is 0 Å². The van der Waals surface area contributed by atoms with Crippen molar-refractivity contribution in [1.29, 1.82) is 0 Å². The number of aromatic nitrogens is 1. The van der Waals surface area contributed by atoms with E-state index in [-0.39, 0.29) is 12.1 Å². The fourth-order valence-corrected chi connectivity index (χ4v) is 4.79. The zero-order chi connectivity index (χ0) is 22.2. The van der Waals surface area contributed by atoms with E-state index in [1.54, 1.807) is 12.3 Å². The number of hydrogen-bond acceptors (Lipinski definition) is 3. The van der Waals surface area contributed by atoms with Crippen LogP contribution in [0.1, 0.15) is 29.1 Å². The van der Waals surface area contributed by atoms with Crippen molar-refractivity contribution >= 4 is 46.2 Å². The van der Waals surface area contributed by atoms with Gasteiger partial charge in [0, 0.05) is 17.4 Å². The Morgan fingerprint density at radius 1 is 1.00 bits per heavy atom. The zero-order valence-electron chi connectivity index (χ0n) is 17.1. The van der Waals surface area contributed by atoms with Crippen LogP contribution in [0.2, 0.25) is 10.0 Å². The van der Waals surface area contributed by atoms with Gasteiger partial charge in [0.05, 0.1) is 21.8 Å². The molecule has 0 radical (unpaired) electrons. The molecule has 7 heteroatoms. The van der Waals surface area contributed by atoms with Gasteiger partial charge in [-0.15, -0.1) is 0 Å². The number of aryl methyl sites for hydroxylation is 1. The van der Waals surface area contributed by atoms with Crippen molar-refractivity contribution in [2.24, 2.45) is 0 Å². The van der Waals surface area contributed by atoms with E-state index in [0.29, 0.717) is 20.9 Å². The van der Waals surface area contributed by atoms with Crippen LogP contribution in [0, 0.1) is 6.92 Å². The number of furan rings is 1. The van der Waals surface area contributed by atoms with Gasteiger partial charge in [0.2, 0.25) is 0 Å². The fourth-order valence-electron chi connectivity index (χ4n) is 4.05. The lowest BCUT2D eigenvalue weighted by molar-refractivity contribution is 0.439. The predicted octanol–water partition coefficient (Wildman–Crippen LogP) is 7.13. The Kier molecular flexibility index (Phi) is 5.64. The smallest absolute Gasteiger partial charge is 0.174 e. The van der Waals surface area contributed by atoms with Gasteiger partial charge in [-0.25, -0.2) is 0 Å². The highest BCUT2D eigenvalue weighted by molar-refractivity contribution is 7.80. The molecule has 4 aromatic rings. The van der Waals surface area contributed by atoms with Crippen molar-refractivity contribution in [2.45, 2.75) is 19.0 Å². The van der Waals surface area contributed by atoms with Gasteiger partial charge in [0.1, 0.15) is 17.6 Å². The summed E-state index contributed by atoms with van der Waals surface area (Å²) in [4.78, 5) is 6.67. The van der Waals surface area contributed by atoms with Gasteiger partial charge in [-0.05, 0) is 73.2 Å². The normalized spacial score (nSPS) is 18.1. The molecule has 4 nitrogen and oxygen atoms in total. The molecule has 32 heavy (non-hydrogen) atoms. The number of rotatable bonds is 4. The average molecular weight is 480 g/mol. The number of nitrogens with one attached hydrogen (secondary N) is 1. The number of halogens is 2. The molecule has 160 valence electrons. The van der Waals surface area contributed by atoms with Crippen LogP contribution in [0.4, 0.5) is 5.69 Å². The van der Waals surface area contributed by atoms with Gasteiger partial charge >= 0.3 is 0 Å². The Bertz CT molecular complexity index is 1290. The minimum absolute atomic E-state index is 0.182. The monoisotopic (exact) mass is 479 g/mol. The lowest BCUT2D eigenvalue weighted by atomic mass is 10.0. The largest absolute Gasteiger partial charge is 0.459 e. The van der Waals surface area contributed by atoms with Crippen molar-refractivity contribution in [3.05, 3.63) is 106 Å². The fraction of sp³-hybridized carbons (Fsp3) is 0.120. The summed E-state index contributed by atoms with van der Waals surface area (Å²) in [7, 11) is 0. The first-order chi connectivity index (χ1) is 15.5. The van der Waals surface area contributed by atoms with Gasteiger partial charge in [0.15, 0.2) is 5.11 Å². The molecular formula is C25H19Cl2N3OS. The molecule has 0 amide bonds. The standard InChI is InChI=1S/C25H19Cl2N3OS/c1-15-6-4-7-16(14-15)30-24(23(29-25(30)32)19-10-2-3-13-28-19)21-12-11-20(31-21)17-8-5-9-18(26)22(17)27/h2-14,23-24H,1H3,(H,29,32)/t23-,24+/m1/s1. The number of thiocarbonyl (C=S) groups is 1. The highest BCUT2D eigenvalue weighted by Gasteiger charge is 2.42. The second-order valence-corrected chi connectivity index (χ2v) is 8.81. The maximum Gasteiger partial charge on any atom is 0.174 e. The molecule has 2 aromatic heterocycles. The van der Waals surface area contributed by atoms with Gasteiger partial charge in [-0.2, -0.15) is 0 Å². The molecule has 0 bridgehead atoms. The average Bonchev–Trinajstić information content (AvgIpc) is 3.41. The number of anilines is 1. The molecule has 1 fully saturated rings. The van der Waals surface area contributed by atoms with E-state index in [4.69, 9.17) is 39.8 Å². The summed E-state index contributed by atoms with van der Waals surface area (Å²) in [6.45, 7) is 2.06. The van der Waals surface area contributed by atoms with Gasteiger partial charge < -0.3 is 14.6 Å². The lowest BCUT2D eigenvalue weighted by Gasteiger charge is -2.26. The third kappa shape index (κ3) is 3.77. The van der Waals surface area contributed by atoms with E-state index in [9.17, 15) is 0 Å². The third-order valence-electron chi connectivity index (χ3n) is 5.51. The second-order valence-electron chi connectivity index (χ2n) is 7.64. The minimum Gasteiger partial charge on any atom is -0.459 e. The molecule has 3 heterocycles. The van der Waals surface area contributed by atoms with E-state index >= 15 is 0 Å². The molecule has 0 saturated carbocycles. The Labute approximate surface area is 201 Å². The van der Waals surface area contributed by atoms with Crippen LogP contribution < -0.4 is 10.2 Å². The molecule has 2 aromatic carbocycles. The molecule has 2 atom stereocenters. The molecule has 1 aliphatic rings. The van der Waals surface area contributed by atoms with E-state index in [0.717, 1.165) is 28.3 Å². The second kappa shape index (κ2) is 8.58. The van der Waals surface area contributed by atoms with Crippen LogP contribution >= 0.6 is 35.4 Å². The highest BCUT2D eigenvalue weighted by atomic mass is 35.5. The summed E-state index contributed by atoms with van der Waals surface area (Å²) in [5, 5.41) is 5.01. The summed E-state index contributed by atoms with van der Waals surface area (Å²) < 4.78 is 6.36. The zero-order valence-corrected chi connectivity index (χ0v) is 19.5. The molecule has 0 unspecified atom stereocenters. The quantitative estimate of drug-likeness (QED) is 0.315. The SMILES string of the molecule is Cc1cccc(N2C(=S)N[C@H](c3ccccn3)[C@@H]2c2ccc(-c3cccc(Cl)c3Cl)o2)c1. The molecular weight excluding hydrogens is 461 g/mol. The molecule has 0 aliphatic carbocycles. The summed E-state index contributed by atoms with van der Waals surface area (Å²) >= 11 is 18.4. The minimum atomic E-state index is -0.231. The van der Waals surface area contributed by atoms with E-state index in [2.05, 4.69) is 34.3 Å². The van der Waals surface area contributed by atoms with Crippen LogP contribution in [0.3, 0.4) is 0 Å². The molecule has 5 rings (SSSR count). The summed E-state index contributed by atoms with van der Waals surface area (Å²) in [5.41, 5.74) is 3.77. The predicted molar refractivity (Wildman–Crippen MR) is 133 cm³/mol. The van der Waals surface area contributed by atoms with Crippen molar-refractivity contribution in [3.8, 4) is 11.3 Å². The van der Waals surface area contributed by atoms with E-state index < -0.39 is 0 Å². The summed E-state index contributed by atoms with van der Waals surface area (Å²) in [6.07, 6.45) is 1.78. The Morgan fingerprint density at radius 3 is 2.62 bits per heavy atom. The Hall–Kier alpha value is -2.86. The maximum absolute atomic E-state index is 6.44. The molecule has 1 N–H and O–H groups in total. The van der Waals surface area contributed by atoms with Crippen molar-refractivity contribution < 1.29 is 4.42 Å². The van der Waals surface area contributed by atoms with Crippen LogP contribution in [0.25, 0.3) is 11.3 Å².